The van der Waals surface area contributed by atoms with Crippen molar-refractivity contribution < 1.29 is 34.2 Å². The van der Waals surface area contributed by atoms with Crippen LogP contribution in [0.4, 0.5) is 0 Å². The third kappa shape index (κ3) is 13.7. The van der Waals surface area contributed by atoms with Crippen molar-refractivity contribution in [2.45, 2.75) is 98.0 Å². The molecule has 0 aliphatic rings. The van der Waals surface area contributed by atoms with Gasteiger partial charge in [-0.25, -0.2) is 4.79 Å². The molecule has 0 fully saturated rings. The summed E-state index contributed by atoms with van der Waals surface area (Å²) < 4.78 is 0. The van der Waals surface area contributed by atoms with Crippen LogP contribution in [0.1, 0.15) is 67.7 Å². The molecule has 0 aromatic heterocycles. The summed E-state index contributed by atoms with van der Waals surface area (Å²) in [7, 11) is 0. The molecule has 4 amide bonds. The maximum atomic E-state index is 13.2. The lowest BCUT2D eigenvalue weighted by molar-refractivity contribution is -0.143. The summed E-state index contributed by atoms with van der Waals surface area (Å²) in [6.07, 6.45) is 0.886. The molecule has 12 heteroatoms. The summed E-state index contributed by atoms with van der Waals surface area (Å²) >= 11 is 1.50. The summed E-state index contributed by atoms with van der Waals surface area (Å²) in [5.74, 6) is -3.08. The molecule has 0 saturated carbocycles. The van der Waals surface area contributed by atoms with Crippen LogP contribution in [0, 0.1) is 17.8 Å². The number of carbonyl (C=O) groups excluding carboxylic acids is 4. The van der Waals surface area contributed by atoms with E-state index in [1.54, 1.807) is 27.7 Å². The summed E-state index contributed by atoms with van der Waals surface area (Å²) in [6, 6.07) is -3.62. The van der Waals surface area contributed by atoms with Crippen molar-refractivity contribution in [3.63, 3.8) is 0 Å². The van der Waals surface area contributed by atoms with Gasteiger partial charge in [-0.3, -0.25) is 19.2 Å². The average Bonchev–Trinajstić information content (AvgIpc) is 2.76. The quantitative estimate of drug-likeness (QED) is 0.156. The predicted molar refractivity (Wildman–Crippen MR) is 144 cm³/mol. The molecule has 2 unspecified atom stereocenters. The van der Waals surface area contributed by atoms with Crippen LogP contribution in [0.2, 0.25) is 0 Å². The third-order valence-corrected chi connectivity index (χ3v) is 6.36. The van der Waals surface area contributed by atoms with E-state index >= 15 is 0 Å². The van der Waals surface area contributed by atoms with Gasteiger partial charge in [0.1, 0.15) is 18.1 Å². The van der Waals surface area contributed by atoms with E-state index in [1.165, 1.54) is 18.7 Å². The van der Waals surface area contributed by atoms with E-state index in [1.807, 2.05) is 20.1 Å². The SMILES string of the molecule is CSCC[C@H](NC(=O)[C@@H](NC(C)=O)C(C)C)C(=O)NC(CC(C)C)C(O)CC(=O)N[C@H](C(=O)O)C(C)C. The van der Waals surface area contributed by atoms with Crippen LogP contribution in [-0.2, 0) is 24.0 Å². The Morgan fingerprint density at radius 3 is 1.81 bits per heavy atom. The van der Waals surface area contributed by atoms with Gasteiger partial charge >= 0.3 is 5.97 Å². The molecule has 0 aliphatic heterocycles. The van der Waals surface area contributed by atoms with E-state index in [0.29, 0.717) is 18.6 Å². The highest BCUT2D eigenvalue weighted by Gasteiger charge is 2.32. The number of thioether (sulfide) groups is 1. The lowest BCUT2D eigenvalue weighted by atomic mass is 9.96. The number of carbonyl (C=O) groups is 5. The lowest BCUT2D eigenvalue weighted by Gasteiger charge is -2.29. The molecule has 0 aromatic carbocycles. The number of aliphatic carboxylic acids is 1. The standard InChI is InChI=1S/C25H46N4O7S/c1-13(2)11-18(19(31)12-20(32)29-22(15(5)6)25(35)36)28-23(33)17(9-10-37-8)27-24(34)21(14(3)4)26-16(7)30/h13-15,17-19,21-22,31H,9-12H2,1-8H3,(H,26,30)(H,27,34)(H,28,33)(H,29,32)(H,35,36)/t17-,18?,19?,21-,22-/m0/s1. The Morgan fingerprint density at radius 1 is 0.811 bits per heavy atom. The maximum Gasteiger partial charge on any atom is 0.326 e. The summed E-state index contributed by atoms with van der Waals surface area (Å²) in [5, 5.41) is 30.6. The van der Waals surface area contributed by atoms with Gasteiger partial charge < -0.3 is 31.5 Å². The first-order valence-corrected chi connectivity index (χ1v) is 14.1. The van der Waals surface area contributed by atoms with E-state index < -0.39 is 60.4 Å². The van der Waals surface area contributed by atoms with E-state index in [9.17, 15) is 34.2 Å². The van der Waals surface area contributed by atoms with Crippen molar-refractivity contribution in [1.29, 1.82) is 0 Å². The zero-order valence-corrected chi connectivity index (χ0v) is 24.1. The topological polar surface area (TPSA) is 174 Å². The normalized spacial score (nSPS) is 15.5. The molecule has 0 aromatic rings. The maximum absolute atomic E-state index is 13.2. The Balaban J connectivity index is 5.58. The molecule has 0 rings (SSSR count). The molecule has 11 nitrogen and oxygen atoms in total. The van der Waals surface area contributed by atoms with E-state index in [4.69, 9.17) is 0 Å². The highest BCUT2D eigenvalue weighted by atomic mass is 32.2. The predicted octanol–water partition coefficient (Wildman–Crippen LogP) is 0.892. The van der Waals surface area contributed by atoms with Gasteiger partial charge in [-0.2, -0.15) is 11.8 Å². The zero-order chi connectivity index (χ0) is 28.9. The minimum Gasteiger partial charge on any atom is -0.480 e. The smallest absolute Gasteiger partial charge is 0.326 e. The van der Waals surface area contributed by atoms with E-state index in [0.717, 1.165) is 0 Å². The Hall–Kier alpha value is -2.34. The molecular weight excluding hydrogens is 500 g/mol. The van der Waals surface area contributed by atoms with Crippen LogP contribution < -0.4 is 21.3 Å². The zero-order valence-electron chi connectivity index (χ0n) is 23.3. The Kier molecular flexibility index (Phi) is 16.1. The summed E-state index contributed by atoms with van der Waals surface area (Å²) in [6.45, 7) is 12.0. The molecule has 5 atom stereocenters. The number of nitrogens with one attached hydrogen (secondary N) is 4. The summed E-state index contributed by atoms with van der Waals surface area (Å²) in [5.41, 5.74) is 0. The molecule has 214 valence electrons. The van der Waals surface area contributed by atoms with Gasteiger partial charge in [0, 0.05) is 6.92 Å². The number of carboxylic acid groups (broad SMARTS) is 1. The monoisotopic (exact) mass is 546 g/mol. The number of aliphatic hydroxyl groups excluding tert-OH is 1. The number of amides is 4. The van der Waals surface area contributed by atoms with Crippen molar-refractivity contribution in [3.8, 4) is 0 Å². The van der Waals surface area contributed by atoms with E-state index in [2.05, 4.69) is 21.3 Å². The fraction of sp³-hybridized carbons (Fsp3) is 0.800. The third-order valence-electron chi connectivity index (χ3n) is 5.71. The van der Waals surface area contributed by atoms with Crippen molar-refractivity contribution in [3.05, 3.63) is 0 Å². The number of aliphatic hydroxyl groups is 1. The van der Waals surface area contributed by atoms with Crippen LogP contribution in [0.15, 0.2) is 0 Å². The average molecular weight is 547 g/mol. The van der Waals surface area contributed by atoms with Crippen LogP contribution >= 0.6 is 11.8 Å². The van der Waals surface area contributed by atoms with Gasteiger partial charge in [0.25, 0.3) is 0 Å². The van der Waals surface area contributed by atoms with Gasteiger partial charge in [0.2, 0.25) is 23.6 Å². The van der Waals surface area contributed by atoms with Gasteiger partial charge in [0.05, 0.1) is 18.6 Å². The highest BCUT2D eigenvalue weighted by molar-refractivity contribution is 7.98. The molecule has 0 heterocycles. The second kappa shape index (κ2) is 17.2. The number of carboxylic acids is 1. The van der Waals surface area contributed by atoms with Gasteiger partial charge in [-0.15, -0.1) is 0 Å². The Labute approximate surface area is 224 Å². The minimum absolute atomic E-state index is 0.0646. The van der Waals surface area contributed by atoms with Crippen molar-refractivity contribution >= 4 is 41.4 Å². The highest BCUT2D eigenvalue weighted by Crippen LogP contribution is 2.13. The van der Waals surface area contributed by atoms with Crippen LogP contribution in [0.5, 0.6) is 0 Å². The fourth-order valence-corrected chi connectivity index (χ4v) is 4.17. The molecule has 0 radical (unpaired) electrons. The number of hydrogen-bond donors (Lipinski definition) is 6. The first-order chi connectivity index (χ1) is 17.1. The first kappa shape index (κ1) is 34.7. The van der Waals surface area contributed by atoms with Crippen molar-refractivity contribution in [2.24, 2.45) is 17.8 Å². The molecule has 6 N–H and O–H groups in total. The van der Waals surface area contributed by atoms with Crippen molar-refractivity contribution in [1.82, 2.24) is 21.3 Å². The van der Waals surface area contributed by atoms with Gasteiger partial charge in [-0.1, -0.05) is 41.5 Å². The number of hydrogen-bond acceptors (Lipinski definition) is 7. The van der Waals surface area contributed by atoms with Crippen LogP contribution in [0.25, 0.3) is 0 Å². The number of rotatable bonds is 17. The minimum atomic E-state index is -1.27. The second-order valence-electron chi connectivity index (χ2n) is 10.4. The largest absolute Gasteiger partial charge is 0.480 e. The lowest BCUT2D eigenvalue weighted by Crippen LogP contribution is -2.57. The molecule has 0 spiro atoms. The fourth-order valence-electron chi connectivity index (χ4n) is 3.70. The first-order valence-electron chi connectivity index (χ1n) is 12.7. The summed E-state index contributed by atoms with van der Waals surface area (Å²) in [4.78, 5) is 61.5. The molecule has 0 aliphatic carbocycles. The molecular formula is C25H46N4O7S. The van der Waals surface area contributed by atoms with E-state index in [-0.39, 0.29) is 23.7 Å². The van der Waals surface area contributed by atoms with Gasteiger partial charge in [0.15, 0.2) is 0 Å². The molecule has 0 bridgehead atoms. The molecule has 37 heavy (non-hydrogen) atoms. The Morgan fingerprint density at radius 2 is 1.38 bits per heavy atom. The van der Waals surface area contributed by atoms with Crippen LogP contribution in [-0.4, -0.2) is 82.1 Å². The second-order valence-corrected chi connectivity index (χ2v) is 11.4. The molecule has 0 saturated heterocycles. The Bertz CT molecular complexity index is 776. The van der Waals surface area contributed by atoms with Crippen LogP contribution in [0.3, 0.4) is 0 Å². The van der Waals surface area contributed by atoms with Gasteiger partial charge in [-0.05, 0) is 42.6 Å². The van der Waals surface area contributed by atoms with Crippen molar-refractivity contribution in [2.75, 3.05) is 12.0 Å².